The average molecular weight is 235 g/mol. The van der Waals surface area contributed by atoms with Crippen LogP contribution >= 0.6 is 0 Å². The fraction of sp³-hybridized carbons (Fsp3) is 1.00. The molecule has 15 heavy (non-hydrogen) atoms. The van der Waals surface area contributed by atoms with Crippen LogP contribution in [0.4, 0.5) is 0 Å². The maximum atomic E-state index is 11.7. The molecule has 1 saturated carbocycles. The molecule has 0 radical (unpaired) electrons. The highest BCUT2D eigenvalue weighted by molar-refractivity contribution is 7.90. The molecule has 1 fully saturated rings. The molecular weight excluding hydrogens is 214 g/mol. The Kier molecular flexibility index (Phi) is 5.02. The van der Waals surface area contributed by atoms with Gasteiger partial charge in [0, 0.05) is 6.54 Å². The molecule has 1 aliphatic rings. The molecule has 1 rings (SSSR count). The Balaban J connectivity index is 2.24. The lowest BCUT2D eigenvalue weighted by molar-refractivity contribution is 0.0833. The van der Waals surface area contributed by atoms with Crippen LogP contribution in [0.3, 0.4) is 0 Å². The van der Waals surface area contributed by atoms with E-state index in [1.807, 2.05) is 13.8 Å². The third kappa shape index (κ3) is 4.49. The van der Waals surface area contributed by atoms with Crippen LogP contribution in [0.15, 0.2) is 0 Å². The molecular formula is C10H21NO3S. The van der Waals surface area contributed by atoms with Crippen molar-refractivity contribution in [1.29, 1.82) is 0 Å². The Hall–Kier alpha value is -0.130. The van der Waals surface area contributed by atoms with Crippen LogP contribution in [-0.4, -0.2) is 32.9 Å². The molecule has 0 bridgehead atoms. The van der Waals surface area contributed by atoms with Gasteiger partial charge in [0.1, 0.15) is 0 Å². The molecule has 0 aromatic rings. The minimum Gasteiger partial charge on any atom is -0.377 e. The van der Waals surface area contributed by atoms with Crippen molar-refractivity contribution >= 4 is 10.0 Å². The van der Waals surface area contributed by atoms with Crippen LogP contribution in [-0.2, 0) is 14.8 Å². The zero-order chi connectivity index (χ0) is 11.3. The lowest BCUT2D eigenvalue weighted by atomic mass is 10.4. The van der Waals surface area contributed by atoms with Gasteiger partial charge < -0.3 is 4.74 Å². The van der Waals surface area contributed by atoms with Crippen molar-refractivity contribution in [3.8, 4) is 0 Å². The van der Waals surface area contributed by atoms with Crippen molar-refractivity contribution in [2.45, 2.75) is 50.9 Å². The summed E-state index contributed by atoms with van der Waals surface area (Å²) in [6.45, 7) is 4.71. The molecule has 0 heterocycles. The fourth-order valence-electron chi connectivity index (χ4n) is 1.80. The molecule has 4 nitrogen and oxygen atoms in total. The molecule has 0 saturated heterocycles. The third-order valence-electron chi connectivity index (χ3n) is 2.60. The zero-order valence-electron chi connectivity index (χ0n) is 9.53. The normalized spacial score (nSPS) is 18.9. The van der Waals surface area contributed by atoms with E-state index in [1.165, 1.54) is 0 Å². The first-order chi connectivity index (χ1) is 7.02. The minimum absolute atomic E-state index is 0.154. The topological polar surface area (TPSA) is 55.4 Å². The second-order valence-corrected chi connectivity index (χ2v) is 6.31. The van der Waals surface area contributed by atoms with Crippen LogP contribution in [0.1, 0.15) is 39.5 Å². The summed E-state index contributed by atoms with van der Waals surface area (Å²) in [6.07, 6.45) is 3.84. The second-order valence-electron chi connectivity index (χ2n) is 4.27. The summed E-state index contributed by atoms with van der Waals surface area (Å²) in [6, 6.07) is 0. The van der Waals surface area contributed by atoms with Gasteiger partial charge in [-0.2, -0.15) is 0 Å². The summed E-state index contributed by atoms with van der Waals surface area (Å²) in [5.74, 6) is 0. The number of rotatable bonds is 6. The van der Waals surface area contributed by atoms with Gasteiger partial charge in [0.2, 0.25) is 10.0 Å². The number of hydrogen-bond donors (Lipinski definition) is 1. The summed E-state index contributed by atoms with van der Waals surface area (Å²) in [5, 5.41) is -0.170. The molecule has 0 spiro atoms. The van der Waals surface area contributed by atoms with Gasteiger partial charge in [-0.1, -0.05) is 12.8 Å². The van der Waals surface area contributed by atoms with Gasteiger partial charge in [-0.3, -0.25) is 0 Å². The first-order valence-electron chi connectivity index (χ1n) is 5.62. The van der Waals surface area contributed by atoms with E-state index < -0.39 is 10.0 Å². The van der Waals surface area contributed by atoms with Crippen LogP contribution < -0.4 is 4.72 Å². The van der Waals surface area contributed by atoms with E-state index in [9.17, 15) is 8.42 Å². The number of ether oxygens (including phenoxy) is 1. The quantitative estimate of drug-likeness (QED) is 0.705. The molecule has 5 heteroatoms. The molecule has 90 valence electrons. The van der Waals surface area contributed by atoms with Crippen LogP contribution in [0.2, 0.25) is 0 Å². The van der Waals surface area contributed by atoms with Gasteiger partial charge in [0.25, 0.3) is 0 Å². The lowest BCUT2D eigenvalue weighted by Crippen LogP contribution is -2.35. The Morgan fingerprint density at radius 3 is 2.47 bits per heavy atom. The summed E-state index contributed by atoms with van der Waals surface area (Å²) < 4.78 is 31.3. The molecule has 0 aromatic heterocycles. The van der Waals surface area contributed by atoms with Crippen molar-refractivity contribution in [1.82, 2.24) is 4.72 Å². The SMILES string of the molecule is CC(C)OCCNS(=O)(=O)C1CCCC1. The monoisotopic (exact) mass is 235 g/mol. The molecule has 0 amide bonds. The van der Waals surface area contributed by atoms with Crippen molar-refractivity contribution in [2.24, 2.45) is 0 Å². The standard InChI is InChI=1S/C10H21NO3S/c1-9(2)14-8-7-11-15(12,13)10-5-3-4-6-10/h9-11H,3-8H2,1-2H3. The summed E-state index contributed by atoms with van der Waals surface area (Å²) >= 11 is 0. The highest BCUT2D eigenvalue weighted by Crippen LogP contribution is 2.23. The van der Waals surface area contributed by atoms with Crippen LogP contribution in [0.25, 0.3) is 0 Å². The van der Waals surface area contributed by atoms with E-state index in [4.69, 9.17) is 4.74 Å². The van der Waals surface area contributed by atoms with Crippen molar-refractivity contribution in [2.75, 3.05) is 13.2 Å². The van der Waals surface area contributed by atoms with E-state index in [1.54, 1.807) is 0 Å². The van der Waals surface area contributed by atoms with Crippen LogP contribution in [0.5, 0.6) is 0 Å². The lowest BCUT2D eigenvalue weighted by Gasteiger charge is -2.13. The highest BCUT2D eigenvalue weighted by Gasteiger charge is 2.27. The first kappa shape index (κ1) is 12.9. The Morgan fingerprint density at radius 2 is 1.93 bits per heavy atom. The smallest absolute Gasteiger partial charge is 0.214 e. The maximum absolute atomic E-state index is 11.7. The van der Waals surface area contributed by atoms with Gasteiger partial charge >= 0.3 is 0 Å². The van der Waals surface area contributed by atoms with E-state index in [2.05, 4.69) is 4.72 Å². The van der Waals surface area contributed by atoms with Gasteiger partial charge in [-0.05, 0) is 26.7 Å². The molecule has 1 aliphatic carbocycles. The van der Waals surface area contributed by atoms with E-state index >= 15 is 0 Å². The molecule has 1 N–H and O–H groups in total. The van der Waals surface area contributed by atoms with Crippen molar-refractivity contribution in [3.05, 3.63) is 0 Å². The fourth-order valence-corrected chi connectivity index (χ4v) is 3.35. The number of sulfonamides is 1. The van der Waals surface area contributed by atoms with Crippen LogP contribution in [0, 0.1) is 0 Å². The van der Waals surface area contributed by atoms with Gasteiger partial charge in [0.05, 0.1) is 18.0 Å². The van der Waals surface area contributed by atoms with Gasteiger partial charge in [-0.25, -0.2) is 13.1 Å². The summed E-state index contributed by atoms with van der Waals surface area (Å²) in [7, 11) is -3.09. The average Bonchev–Trinajstić information content (AvgIpc) is 2.65. The Bertz CT molecular complexity index is 268. The molecule has 0 atom stereocenters. The van der Waals surface area contributed by atoms with E-state index in [0.717, 1.165) is 25.7 Å². The molecule has 0 aliphatic heterocycles. The predicted octanol–water partition coefficient (Wildman–Crippen LogP) is 1.27. The second kappa shape index (κ2) is 5.82. The molecule has 0 aromatic carbocycles. The first-order valence-corrected chi connectivity index (χ1v) is 7.17. The maximum Gasteiger partial charge on any atom is 0.214 e. The minimum atomic E-state index is -3.09. The Labute approximate surface area is 92.4 Å². The van der Waals surface area contributed by atoms with Crippen molar-refractivity contribution < 1.29 is 13.2 Å². The number of nitrogens with one attached hydrogen (secondary N) is 1. The third-order valence-corrected chi connectivity index (χ3v) is 4.55. The van der Waals surface area contributed by atoms with Gasteiger partial charge in [0.15, 0.2) is 0 Å². The van der Waals surface area contributed by atoms with E-state index in [-0.39, 0.29) is 11.4 Å². The Morgan fingerprint density at radius 1 is 1.33 bits per heavy atom. The van der Waals surface area contributed by atoms with E-state index in [0.29, 0.717) is 13.2 Å². The largest absolute Gasteiger partial charge is 0.377 e. The number of hydrogen-bond acceptors (Lipinski definition) is 3. The van der Waals surface area contributed by atoms with Gasteiger partial charge in [-0.15, -0.1) is 0 Å². The van der Waals surface area contributed by atoms with Crippen molar-refractivity contribution in [3.63, 3.8) is 0 Å². The zero-order valence-corrected chi connectivity index (χ0v) is 10.3. The highest BCUT2D eigenvalue weighted by atomic mass is 32.2. The summed E-state index contributed by atoms with van der Waals surface area (Å²) in [4.78, 5) is 0. The predicted molar refractivity (Wildman–Crippen MR) is 60.3 cm³/mol. The molecule has 0 unspecified atom stereocenters. The summed E-state index contributed by atoms with van der Waals surface area (Å²) in [5.41, 5.74) is 0.